The number of nitrogens with zero attached hydrogens (tertiary/aromatic N) is 2. The largest absolute Gasteiger partial charge is 0.416 e. The molecule has 0 aliphatic heterocycles. The van der Waals surface area contributed by atoms with Gasteiger partial charge in [0.25, 0.3) is 0 Å². The van der Waals surface area contributed by atoms with Gasteiger partial charge in [-0.15, -0.1) is 0 Å². The summed E-state index contributed by atoms with van der Waals surface area (Å²) in [6.45, 7) is 1.89. The molecule has 0 bridgehead atoms. The molecule has 0 radical (unpaired) electrons. The summed E-state index contributed by atoms with van der Waals surface area (Å²) in [5.74, 6) is -0.0661. The van der Waals surface area contributed by atoms with Crippen molar-refractivity contribution in [2.75, 3.05) is 4.72 Å². The lowest BCUT2D eigenvalue weighted by molar-refractivity contribution is -0.137. The maximum atomic E-state index is 12.7. The number of fused-ring (bicyclic) bond motifs is 1. The molecular weight excluding hydrogens is 465 g/mol. The summed E-state index contributed by atoms with van der Waals surface area (Å²) in [6.07, 6.45) is -2.80. The molecule has 0 unspecified atom stereocenters. The van der Waals surface area contributed by atoms with Crippen molar-refractivity contribution in [1.82, 2.24) is 15.0 Å². The van der Waals surface area contributed by atoms with Gasteiger partial charge in [-0.05, 0) is 54.4 Å². The first-order valence-corrected chi connectivity index (χ1v) is 11.3. The third kappa shape index (κ3) is 4.86. The number of halogens is 4. The normalized spacial score (nSPS) is 12.3. The van der Waals surface area contributed by atoms with E-state index in [2.05, 4.69) is 19.7 Å². The molecule has 0 aliphatic carbocycles. The topological polar surface area (TPSA) is 87.7 Å². The highest BCUT2D eigenvalue weighted by molar-refractivity contribution is 7.91. The van der Waals surface area contributed by atoms with E-state index in [1.165, 1.54) is 18.2 Å². The molecule has 166 valence electrons. The summed E-state index contributed by atoms with van der Waals surface area (Å²) in [5, 5.41) is 0.353. The zero-order valence-electron chi connectivity index (χ0n) is 16.5. The average Bonchev–Trinajstić information content (AvgIpc) is 3.11. The fraction of sp³-hybridized carbons (Fsp3) is 0.143. The molecule has 4 rings (SSSR count). The van der Waals surface area contributed by atoms with Crippen LogP contribution >= 0.6 is 11.6 Å². The summed E-state index contributed by atoms with van der Waals surface area (Å²) < 4.78 is 65.6. The molecular formula is C21H16ClF3N4O2S. The number of H-pyrrole nitrogens is 1. The second-order valence-corrected chi connectivity index (χ2v) is 9.35. The molecule has 0 spiro atoms. The van der Waals surface area contributed by atoms with Crippen molar-refractivity contribution in [3.63, 3.8) is 0 Å². The number of aromatic amines is 1. The number of aromatic nitrogens is 3. The summed E-state index contributed by atoms with van der Waals surface area (Å²) >= 11 is 6.29. The van der Waals surface area contributed by atoms with Crippen LogP contribution in [-0.4, -0.2) is 23.4 Å². The average molecular weight is 481 g/mol. The first kappa shape index (κ1) is 22.1. The maximum absolute atomic E-state index is 12.7. The zero-order valence-corrected chi connectivity index (χ0v) is 18.1. The third-order valence-corrected chi connectivity index (χ3v) is 6.20. The van der Waals surface area contributed by atoms with Crippen molar-refractivity contribution >= 4 is 38.5 Å². The van der Waals surface area contributed by atoms with Crippen molar-refractivity contribution in [1.29, 1.82) is 0 Å². The predicted molar refractivity (Wildman–Crippen MR) is 117 cm³/mol. The fourth-order valence-corrected chi connectivity index (χ4v) is 4.52. The molecule has 11 heteroatoms. The highest BCUT2D eigenvalue weighted by Gasteiger charge is 2.30. The van der Waals surface area contributed by atoms with Crippen LogP contribution in [0.4, 0.5) is 18.9 Å². The summed E-state index contributed by atoms with van der Waals surface area (Å²) in [7, 11) is -3.90. The molecule has 32 heavy (non-hydrogen) atoms. The van der Waals surface area contributed by atoms with Gasteiger partial charge < -0.3 is 4.98 Å². The van der Waals surface area contributed by atoms with E-state index in [0.717, 1.165) is 29.8 Å². The standard InChI is InChI=1S/C21H16ClF3N4O2S/c1-12-8-18-20(26-10-12)28-19(27-18)16-9-15(6-7-17(16)22)29-32(30,31)11-13-2-4-14(5-3-13)21(23,24)25/h2-10,29H,11H2,1H3,(H,26,27,28). The van der Waals surface area contributed by atoms with E-state index in [0.29, 0.717) is 27.6 Å². The molecule has 2 heterocycles. The van der Waals surface area contributed by atoms with Crippen LogP contribution < -0.4 is 4.72 Å². The number of aryl methyl sites for hydroxylation is 1. The van der Waals surface area contributed by atoms with E-state index in [-0.39, 0.29) is 11.3 Å². The number of anilines is 1. The van der Waals surface area contributed by atoms with Crippen molar-refractivity contribution in [2.24, 2.45) is 0 Å². The van der Waals surface area contributed by atoms with E-state index in [1.807, 2.05) is 13.0 Å². The summed E-state index contributed by atoms with van der Waals surface area (Å²) in [4.78, 5) is 11.8. The molecule has 0 fully saturated rings. The van der Waals surface area contributed by atoms with Crippen molar-refractivity contribution in [2.45, 2.75) is 18.9 Å². The van der Waals surface area contributed by atoms with Gasteiger partial charge >= 0.3 is 6.18 Å². The van der Waals surface area contributed by atoms with E-state index >= 15 is 0 Å². The van der Waals surface area contributed by atoms with Crippen LogP contribution in [0, 0.1) is 6.92 Å². The highest BCUT2D eigenvalue weighted by atomic mass is 35.5. The number of rotatable bonds is 5. The predicted octanol–water partition coefficient (Wildman–Crippen LogP) is 5.55. The SMILES string of the molecule is Cc1cnc2nc(-c3cc(NS(=O)(=O)Cc4ccc(C(F)(F)F)cc4)ccc3Cl)[nH]c2c1. The maximum Gasteiger partial charge on any atom is 0.416 e. The lowest BCUT2D eigenvalue weighted by Gasteiger charge is -2.11. The molecule has 6 nitrogen and oxygen atoms in total. The Morgan fingerprint density at radius 3 is 2.50 bits per heavy atom. The number of sulfonamides is 1. The Kier molecular flexibility index (Phi) is 5.59. The quantitative estimate of drug-likeness (QED) is 0.392. The third-order valence-electron chi connectivity index (χ3n) is 4.61. The Balaban J connectivity index is 1.57. The smallest absolute Gasteiger partial charge is 0.337 e. The first-order chi connectivity index (χ1) is 15.0. The summed E-state index contributed by atoms with van der Waals surface area (Å²) in [6, 6.07) is 10.4. The van der Waals surface area contributed by atoms with E-state index in [1.54, 1.807) is 6.20 Å². The second-order valence-electron chi connectivity index (χ2n) is 7.22. The molecule has 4 aromatic rings. The molecule has 0 aliphatic rings. The zero-order chi connectivity index (χ0) is 23.1. The van der Waals surface area contributed by atoms with Crippen LogP contribution in [0.2, 0.25) is 5.02 Å². The Bertz CT molecular complexity index is 1400. The van der Waals surface area contributed by atoms with Crippen LogP contribution in [0.25, 0.3) is 22.6 Å². The highest BCUT2D eigenvalue weighted by Crippen LogP contribution is 2.31. The van der Waals surface area contributed by atoms with Crippen molar-refractivity contribution in [3.05, 3.63) is 76.4 Å². The minimum atomic E-state index is -4.49. The van der Waals surface area contributed by atoms with Crippen LogP contribution in [0.15, 0.2) is 54.7 Å². The molecule has 0 amide bonds. The number of imidazole rings is 1. The Labute approximate surface area is 186 Å². The van der Waals surface area contributed by atoms with Gasteiger partial charge in [-0.2, -0.15) is 13.2 Å². The van der Waals surface area contributed by atoms with Gasteiger partial charge in [0.2, 0.25) is 10.0 Å². The van der Waals surface area contributed by atoms with Gasteiger partial charge in [0.05, 0.1) is 21.9 Å². The van der Waals surface area contributed by atoms with Crippen molar-refractivity contribution in [3.8, 4) is 11.4 Å². The molecule has 2 N–H and O–H groups in total. The van der Waals surface area contributed by atoms with Crippen molar-refractivity contribution < 1.29 is 21.6 Å². The summed E-state index contributed by atoms with van der Waals surface area (Å²) in [5.41, 5.74) is 2.24. The van der Waals surface area contributed by atoms with E-state index < -0.39 is 27.5 Å². The monoisotopic (exact) mass is 480 g/mol. The fourth-order valence-electron chi connectivity index (χ4n) is 3.13. The second kappa shape index (κ2) is 8.10. The molecule has 0 saturated carbocycles. The van der Waals surface area contributed by atoms with Gasteiger partial charge in [0.15, 0.2) is 5.65 Å². The van der Waals surface area contributed by atoms with Gasteiger partial charge in [-0.1, -0.05) is 23.7 Å². The number of pyridine rings is 1. The minimum Gasteiger partial charge on any atom is -0.337 e. The lowest BCUT2D eigenvalue weighted by Crippen LogP contribution is -2.15. The Hall–Kier alpha value is -3.11. The number of alkyl halides is 3. The van der Waals surface area contributed by atoms with Crippen LogP contribution in [0.3, 0.4) is 0 Å². The van der Waals surface area contributed by atoms with Gasteiger partial charge in [-0.25, -0.2) is 18.4 Å². The van der Waals surface area contributed by atoms with E-state index in [4.69, 9.17) is 11.6 Å². The number of benzene rings is 2. The van der Waals surface area contributed by atoms with Crippen LogP contribution in [-0.2, 0) is 22.0 Å². The number of hydrogen-bond acceptors (Lipinski definition) is 4. The Morgan fingerprint density at radius 2 is 1.81 bits per heavy atom. The molecule has 2 aromatic carbocycles. The van der Waals surface area contributed by atoms with E-state index in [9.17, 15) is 21.6 Å². The van der Waals surface area contributed by atoms with Gasteiger partial charge in [-0.3, -0.25) is 4.72 Å². The number of nitrogens with one attached hydrogen (secondary N) is 2. The van der Waals surface area contributed by atoms with Gasteiger partial charge in [0, 0.05) is 17.4 Å². The molecule has 0 saturated heterocycles. The lowest BCUT2D eigenvalue weighted by atomic mass is 10.1. The Morgan fingerprint density at radius 1 is 1.09 bits per heavy atom. The number of hydrogen-bond donors (Lipinski definition) is 2. The molecule has 2 aromatic heterocycles. The van der Waals surface area contributed by atoms with Crippen LogP contribution in [0.1, 0.15) is 16.7 Å². The molecule has 0 atom stereocenters. The van der Waals surface area contributed by atoms with Gasteiger partial charge in [0.1, 0.15) is 5.82 Å². The van der Waals surface area contributed by atoms with Crippen LogP contribution in [0.5, 0.6) is 0 Å². The first-order valence-electron chi connectivity index (χ1n) is 9.29. The minimum absolute atomic E-state index is 0.221.